The van der Waals surface area contributed by atoms with E-state index in [1.165, 1.54) is 6.42 Å². The zero-order chi connectivity index (χ0) is 12.7. The molecule has 98 valence electrons. The third-order valence-electron chi connectivity index (χ3n) is 2.45. The molecular formula is C12H23N3OS. The maximum atomic E-state index is 5.75. The Bertz CT molecular complexity index is 314. The van der Waals surface area contributed by atoms with E-state index in [4.69, 9.17) is 10.3 Å². The average molecular weight is 257 g/mol. The fraction of sp³-hybridized carbons (Fsp3) is 0.833. The molecule has 1 heterocycles. The molecule has 4 nitrogen and oxygen atoms in total. The Labute approximate surface area is 108 Å². The molecule has 2 N–H and O–H groups in total. The summed E-state index contributed by atoms with van der Waals surface area (Å²) in [5, 5.41) is 4.00. The number of hydrogen-bond acceptors (Lipinski definition) is 5. The summed E-state index contributed by atoms with van der Waals surface area (Å²) in [6.07, 6.45) is 2.17. The van der Waals surface area contributed by atoms with Gasteiger partial charge < -0.3 is 10.3 Å². The van der Waals surface area contributed by atoms with Gasteiger partial charge in [0, 0.05) is 6.54 Å². The Balaban J connectivity index is 2.52. The minimum atomic E-state index is 0.201. The van der Waals surface area contributed by atoms with Crippen LogP contribution in [-0.2, 0) is 5.75 Å². The molecule has 1 unspecified atom stereocenters. The van der Waals surface area contributed by atoms with Crippen LogP contribution in [0, 0.1) is 5.92 Å². The molecule has 0 aromatic carbocycles. The van der Waals surface area contributed by atoms with Gasteiger partial charge >= 0.3 is 0 Å². The number of rotatable bonds is 8. The zero-order valence-corrected chi connectivity index (χ0v) is 11.8. The number of nitrogens with two attached hydrogens (primary N) is 1. The van der Waals surface area contributed by atoms with Gasteiger partial charge in [0.1, 0.15) is 0 Å². The van der Waals surface area contributed by atoms with Gasteiger partial charge in [0.25, 0.3) is 0 Å². The van der Waals surface area contributed by atoms with Crippen molar-refractivity contribution >= 4 is 11.8 Å². The third kappa shape index (κ3) is 5.08. The molecule has 0 aliphatic carbocycles. The van der Waals surface area contributed by atoms with Crippen molar-refractivity contribution in [1.29, 1.82) is 0 Å². The minimum absolute atomic E-state index is 0.201. The Hall–Kier alpha value is -0.550. The summed E-state index contributed by atoms with van der Waals surface area (Å²) >= 11 is 1.84. The van der Waals surface area contributed by atoms with Crippen LogP contribution in [0.1, 0.15) is 51.2 Å². The summed E-state index contributed by atoms with van der Waals surface area (Å²) in [6, 6.07) is 0. The average Bonchev–Trinajstić information content (AvgIpc) is 2.74. The van der Waals surface area contributed by atoms with Crippen molar-refractivity contribution in [2.75, 3.05) is 12.3 Å². The first-order valence-corrected chi connectivity index (χ1v) is 7.43. The van der Waals surface area contributed by atoms with Crippen molar-refractivity contribution in [3.8, 4) is 0 Å². The maximum Gasteiger partial charge on any atom is 0.231 e. The predicted molar refractivity (Wildman–Crippen MR) is 72.0 cm³/mol. The van der Waals surface area contributed by atoms with Gasteiger partial charge in [0.2, 0.25) is 5.89 Å². The molecule has 1 rings (SSSR count). The van der Waals surface area contributed by atoms with E-state index in [2.05, 4.69) is 30.9 Å². The molecule has 0 saturated carbocycles. The number of hydrogen-bond donors (Lipinski definition) is 1. The van der Waals surface area contributed by atoms with Crippen LogP contribution in [0.15, 0.2) is 4.52 Å². The number of nitrogens with zero attached hydrogens (tertiary/aromatic N) is 2. The van der Waals surface area contributed by atoms with E-state index < -0.39 is 0 Å². The van der Waals surface area contributed by atoms with Crippen molar-refractivity contribution < 1.29 is 4.52 Å². The standard InChI is InChI=1S/C12H23N3OS/c1-4-5-17-8-11-14-12(16-15-11)10(7-13)6-9(2)3/h9-10H,4-8,13H2,1-3H3. The predicted octanol–water partition coefficient (Wildman–Crippen LogP) is 2.80. The zero-order valence-electron chi connectivity index (χ0n) is 11.0. The van der Waals surface area contributed by atoms with Crippen molar-refractivity contribution in [3.05, 3.63) is 11.7 Å². The van der Waals surface area contributed by atoms with E-state index in [1.54, 1.807) is 0 Å². The van der Waals surface area contributed by atoms with Gasteiger partial charge in [-0.05, 0) is 24.5 Å². The molecule has 0 spiro atoms. The molecule has 0 aliphatic heterocycles. The highest BCUT2D eigenvalue weighted by Gasteiger charge is 2.18. The second-order valence-corrected chi connectivity index (χ2v) is 5.77. The minimum Gasteiger partial charge on any atom is -0.339 e. The van der Waals surface area contributed by atoms with E-state index in [9.17, 15) is 0 Å². The smallest absolute Gasteiger partial charge is 0.231 e. The van der Waals surface area contributed by atoms with E-state index in [1.807, 2.05) is 11.8 Å². The molecule has 0 saturated heterocycles. The highest BCUT2D eigenvalue weighted by atomic mass is 32.2. The van der Waals surface area contributed by atoms with Crippen LogP contribution in [0.5, 0.6) is 0 Å². The third-order valence-corrected chi connectivity index (χ3v) is 3.61. The molecule has 0 bridgehead atoms. The van der Waals surface area contributed by atoms with E-state index in [0.717, 1.165) is 23.8 Å². The number of aromatic nitrogens is 2. The van der Waals surface area contributed by atoms with Gasteiger partial charge in [-0.25, -0.2) is 0 Å². The lowest BCUT2D eigenvalue weighted by Gasteiger charge is -2.11. The monoisotopic (exact) mass is 257 g/mol. The second-order valence-electron chi connectivity index (χ2n) is 4.66. The van der Waals surface area contributed by atoms with E-state index in [-0.39, 0.29) is 5.92 Å². The summed E-state index contributed by atoms with van der Waals surface area (Å²) in [4.78, 5) is 4.43. The Kier molecular flexibility index (Phi) is 6.58. The van der Waals surface area contributed by atoms with Crippen LogP contribution in [-0.4, -0.2) is 22.4 Å². The lowest BCUT2D eigenvalue weighted by atomic mass is 9.97. The first kappa shape index (κ1) is 14.5. The summed E-state index contributed by atoms with van der Waals surface area (Å²) in [6.45, 7) is 7.09. The molecule has 17 heavy (non-hydrogen) atoms. The maximum absolute atomic E-state index is 5.75. The Morgan fingerprint density at radius 3 is 2.76 bits per heavy atom. The summed E-state index contributed by atoms with van der Waals surface area (Å²) in [7, 11) is 0. The van der Waals surface area contributed by atoms with Crippen molar-refractivity contribution in [2.45, 2.75) is 45.3 Å². The van der Waals surface area contributed by atoms with Crippen LogP contribution >= 0.6 is 11.8 Å². The Morgan fingerprint density at radius 1 is 1.41 bits per heavy atom. The van der Waals surface area contributed by atoms with Crippen LogP contribution in [0.2, 0.25) is 0 Å². The van der Waals surface area contributed by atoms with Crippen LogP contribution in [0.4, 0.5) is 0 Å². The molecule has 1 atom stereocenters. The van der Waals surface area contributed by atoms with Gasteiger partial charge in [-0.3, -0.25) is 0 Å². The van der Waals surface area contributed by atoms with Gasteiger partial charge in [-0.15, -0.1) is 0 Å². The molecular weight excluding hydrogens is 234 g/mol. The molecule has 1 aromatic rings. The van der Waals surface area contributed by atoms with Gasteiger partial charge in [-0.2, -0.15) is 16.7 Å². The van der Waals surface area contributed by atoms with Crippen molar-refractivity contribution in [1.82, 2.24) is 10.1 Å². The highest BCUT2D eigenvalue weighted by molar-refractivity contribution is 7.98. The summed E-state index contributed by atoms with van der Waals surface area (Å²) < 4.78 is 5.29. The summed E-state index contributed by atoms with van der Waals surface area (Å²) in [5.41, 5.74) is 5.75. The first-order valence-electron chi connectivity index (χ1n) is 6.27. The first-order chi connectivity index (χ1) is 8.17. The molecule has 0 radical (unpaired) electrons. The lowest BCUT2D eigenvalue weighted by Crippen LogP contribution is -2.15. The van der Waals surface area contributed by atoms with E-state index >= 15 is 0 Å². The SMILES string of the molecule is CCCSCc1noc(C(CN)CC(C)C)n1. The molecule has 5 heteroatoms. The van der Waals surface area contributed by atoms with Crippen molar-refractivity contribution in [2.24, 2.45) is 11.7 Å². The number of thioether (sulfide) groups is 1. The molecule has 0 amide bonds. The molecule has 0 fully saturated rings. The lowest BCUT2D eigenvalue weighted by molar-refractivity contribution is 0.332. The largest absolute Gasteiger partial charge is 0.339 e. The van der Waals surface area contributed by atoms with Crippen molar-refractivity contribution in [3.63, 3.8) is 0 Å². The normalized spacial score (nSPS) is 13.2. The topological polar surface area (TPSA) is 64.9 Å². The van der Waals surface area contributed by atoms with Gasteiger partial charge in [0.05, 0.1) is 11.7 Å². The second kappa shape index (κ2) is 7.71. The fourth-order valence-electron chi connectivity index (χ4n) is 1.67. The van der Waals surface area contributed by atoms with Gasteiger partial charge in [-0.1, -0.05) is 25.9 Å². The Morgan fingerprint density at radius 2 is 2.18 bits per heavy atom. The van der Waals surface area contributed by atoms with Crippen LogP contribution < -0.4 is 5.73 Å². The fourth-order valence-corrected chi connectivity index (χ4v) is 2.40. The molecule has 1 aromatic heterocycles. The van der Waals surface area contributed by atoms with Crippen LogP contribution in [0.25, 0.3) is 0 Å². The van der Waals surface area contributed by atoms with Crippen LogP contribution in [0.3, 0.4) is 0 Å². The van der Waals surface area contributed by atoms with Gasteiger partial charge in [0.15, 0.2) is 5.82 Å². The highest BCUT2D eigenvalue weighted by Crippen LogP contribution is 2.22. The molecule has 0 aliphatic rings. The van der Waals surface area contributed by atoms with E-state index in [0.29, 0.717) is 18.4 Å². The summed E-state index contributed by atoms with van der Waals surface area (Å²) in [5.74, 6) is 4.25. The quantitative estimate of drug-likeness (QED) is 0.725.